The van der Waals surface area contributed by atoms with Crippen LogP contribution in [0.4, 0.5) is 8.78 Å². The lowest BCUT2D eigenvalue weighted by Crippen LogP contribution is -2.43. The summed E-state index contributed by atoms with van der Waals surface area (Å²) in [5.74, 6) is -2.28. The number of benzene rings is 1. The Kier molecular flexibility index (Phi) is 3.91. The van der Waals surface area contributed by atoms with Crippen molar-refractivity contribution in [1.82, 2.24) is 10.2 Å². The predicted molar refractivity (Wildman–Crippen MR) is 64.3 cm³/mol. The number of carbonyl (C=O) groups is 1. The maximum absolute atomic E-state index is 13.0. The van der Waals surface area contributed by atoms with E-state index in [0.29, 0.717) is 0 Å². The zero-order valence-electron chi connectivity index (χ0n) is 10.2. The van der Waals surface area contributed by atoms with Crippen molar-refractivity contribution in [1.29, 1.82) is 0 Å². The lowest BCUT2D eigenvalue weighted by molar-refractivity contribution is 0.0916. The van der Waals surface area contributed by atoms with E-state index in [1.54, 1.807) is 0 Å². The van der Waals surface area contributed by atoms with E-state index in [4.69, 9.17) is 0 Å². The average molecular weight is 254 g/mol. The number of likely N-dealkylation sites (tertiary alicyclic amines) is 1. The monoisotopic (exact) mass is 254 g/mol. The quantitative estimate of drug-likeness (QED) is 0.872. The van der Waals surface area contributed by atoms with Crippen LogP contribution in [0.1, 0.15) is 23.2 Å². The summed E-state index contributed by atoms with van der Waals surface area (Å²) in [5, 5.41) is 2.85. The lowest BCUT2D eigenvalue weighted by atomic mass is 10.0. The van der Waals surface area contributed by atoms with Gasteiger partial charge in [-0.15, -0.1) is 0 Å². The highest BCUT2D eigenvalue weighted by molar-refractivity contribution is 5.94. The molecule has 1 N–H and O–H groups in total. The SMILES string of the molecule is CN1CCC(NC(=O)c2ccc(F)c(F)c2)CC1. The molecule has 0 radical (unpaired) electrons. The number of halogens is 2. The van der Waals surface area contributed by atoms with Gasteiger partial charge < -0.3 is 10.2 Å². The van der Waals surface area contributed by atoms with Crippen LogP contribution in [0, 0.1) is 11.6 Å². The van der Waals surface area contributed by atoms with Gasteiger partial charge in [0.1, 0.15) is 0 Å². The summed E-state index contributed by atoms with van der Waals surface area (Å²) in [6.45, 7) is 1.87. The van der Waals surface area contributed by atoms with Gasteiger partial charge in [-0.25, -0.2) is 8.78 Å². The van der Waals surface area contributed by atoms with Gasteiger partial charge in [-0.3, -0.25) is 4.79 Å². The Balaban J connectivity index is 1.97. The fourth-order valence-corrected chi connectivity index (χ4v) is 2.06. The highest BCUT2D eigenvalue weighted by atomic mass is 19.2. The van der Waals surface area contributed by atoms with Crippen LogP contribution in [0.2, 0.25) is 0 Å². The summed E-state index contributed by atoms with van der Waals surface area (Å²) in [7, 11) is 2.04. The highest BCUT2D eigenvalue weighted by Gasteiger charge is 2.19. The highest BCUT2D eigenvalue weighted by Crippen LogP contribution is 2.11. The lowest BCUT2D eigenvalue weighted by Gasteiger charge is -2.29. The molecule has 1 amide bonds. The van der Waals surface area contributed by atoms with E-state index >= 15 is 0 Å². The number of nitrogens with zero attached hydrogens (tertiary/aromatic N) is 1. The second-order valence-corrected chi connectivity index (χ2v) is 4.68. The van der Waals surface area contributed by atoms with Gasteiger partial charge >= 0.3 is 0 Å². The first kappa shape index (κ1) is 13.0. The van der Waals surface area contributed by atoms with E-state index in [1.165, 1.54) is 6.07 Å². The van der Waals surface area contributed by atoms with Crippen LogP contribution in [0.3, 0.4) is 0 Å². The first-order valence-corrected chi connectivity index (χ1v) is 6.00. The van der Waals surface area contributed by atoms with E-state index in [1.807, 2.05) is 7.05 Å². The molecule has 1 aromatic carbocycles. The molecule has 18 heavy (non-hydrogen) atoms. The summed E-state index contributed by atoms with van der Waals surface area (Å²) < 4.78 is 25.8. The maximum atomic E-state index is 13.0. The molecule has 1 heterocycles. The van der Waals surface area contributed by atoms with Crippen molar-refractivity contribution < 1.29 is 13.6 Å². The molecule has 1 aliphatic rings. The van der Waals surface area contributed by atoms with Crippen molar-refractivity contribution in [2.45, 2.75) is 18.9 Å². The average Bonchev–Trinajstić information content (AvgIpc) is 2.35. The standard InChI is InChI=1S/C13H16F2N2O/c1-17-6-4-10(5-7-17)16-13(18)9-2-3-11(14)12(15)8-9/h2-3,8,10H,4-7H2,1H3,(H,16,18). The molecule has 0 aromatic heterocycles. The molecule has 0 aliphatic carbocycles. The molecule has 1 saturated heterocycles. The van der Waals surface area contributed by atoms with Crippen molar-refractivity contribution in [3.63, 3.8) is 0 Å². The van der Waals surface area contributed by atoms with Crippen LogP contribution >= 0.6 is 0 Å². The molecule has 0 saturated carbocycles. The van der Waals surface area contributed by atoms with Crippen LogP contribution in [0.15, 0.2) is 18.2 Å². The molecule has 0 spiro atoms. The molecule has 5 heteroatoms. The molecule has 0 atom stereocenters. The second-order valence-electron chi connectivity index (χ2n) is 4.68. The van der Waals surface area contributed by atoms with E-state index in [9.17, 15) is 13.6 Å². The van der Waals surface area contributed by atoms with Gasteiger partial charge in [0.15, 0.2) is 11.6 Å². The Morgan fingerprint density at radius 3 is 2.56 bits per heavy atom. The third kappa shape index (κ3) is 3.04. The van der Waals surface area contributed by atoms with Gasteiger partial charge in [0, 0.05) is 11.6 Å². The number of carbonyl (C=O) groups excluding carboxylic acids is 1. The molecular weight excluding hydrogens is 238 g/mol. The minimum absolute atomic E-state index is 0.113. The van der Waals surface area contributed by atoms with Gasteiger partial charge in [-0.05, 0) is 51.2 Å². The third-order valence-corrected chi connectivity index (χ3v) is 3.24. The molecule has 1 aliphatic heterocycles. The van der Waals surface area contributed by atoms with Crippen LogP contribution in [-0.2, 0) is 0 Å². The van der Waals surface area contributed by atoms with Gasteiger partial charge in [0.2, 0.25) is 0 Å². The fraction of sp³-hybridized carbons (Fsp3) is 0.462. The number of hydrogen-bond donors (Lipinski definition) is 1. The largest absolute Gasteiger partial charge is 0.349 e. The molecule has 1 fully saturated rings. The number of rotatable bonds is 2. The smallest absolute Gasteiger partial charge is 0.251 e. The molecule has 2 rings (SSSR count). The van der Waals surface area contributed by atoms with Crippen molar-refractivity contribution in [2.75, 3.05) is 20.1 Å². The summed E-state index contributed by atoms with van der Waals surface area (Å²) in [4.78, 5) is 14.0. The number of piperidine rings is 1. The van der Waals surface area contributed by atoms with E-state index < -0.39 is 11.6 Å². The second kappa shape index (κ2) is 5.44. The zero-order valence-corrected chi connectivity index (χ0v) is 10.2. The molecule has 0 unspecified atom stereocenters. The minimum Gasteiger partial charge on any atom is -0.349 e. The molecule has 98 valence electrons. The number of amides is 1. The first-order chi connectivity index (χ1) is 8.56. The molecule has 0 bridgehead atoms. The Morgan fingerprint density at radius 2 is 1.94 bits per heavy atom. The molecule has 1 aromatic rings. The van der Waals surface area contributed by atoms with Crippen LogP contribution in [0.25, 0.3) is 0 Å². The first-order valence-electron chi connectivity index (χ1n) is 6.00. The number of nitrogens with one attached hydrogen (secondary N) is 1. The Labute approximate surface area is 105 Å². The van der Waals surface area contributed by atoms with Crippen molar-refractivity contribution >= 4 is 5.91 Å². The van der Waals surface area contributed by atoms with E-state index in [2.05, 4.69) is 10.2 Å². The summed E-state index contributed by atoms with van der Waals surface area (Å²) in [6.07, 6.45) is 1.76. The fourth-order valence-electron chi connectivity index (χ4n) is 2.06. The van der Waals surface area contributed by atoms with Gasteiger partial charge in [-0.2, -0.15) is 0 Å². The minimum atomic E-state index is -0.994. The Hall–Kier alpha value is -1.49. The normalized spacial score (nSPS) is 17.7. The summed E-state index contributed by atoms with van der Waals surface area (Å²) >= 11 is 0. The van der Waals surface area contributed by atoms with E-state index in [0.717, 1.165) is 38.1 Å². The third-order valence-electron chi connectivity index (χ3n) is 3.24. The van der Waals surface area contributed by atoms with Crippen molar-refractivity contribution in [3.05, 3.63) is 35.4 Å². The van der Waals surface area contributed by atoms with Crippen molar-refractivity contribution in [3.8, 4) is 0 Å². The molecular formula is C13H16F2N2O. The van der Waals surface area contributed by atoms with Crippen molar-refractivity contribution in [2.24, 2.45) is 0 Å². The van der Waals surface area contributed by atoms with E-state index in [-0.39, 0.29) is 17.5 Å². The zero-order chi connectivity index (χ0) is 13.1. The molecule has 3 nitrogen and oxygen atoms in total. The summed E-state index contributed by atoms with van der Waals surface area (Å²) in [5.41, 5.74) is 0.160. The Morgan fingerprint density at radius 1 is 1.28 bits per heavy atom. The van der Waals surface area contributed by atoms with Crippen LogP contribution in [0.5, 0.6) is 0 Å². The van der Waals surface area contributed by atoms with Crippen LogP contribution < -0.4 is 5.32 Å². The Bertz CT molecular complexity index is 443. The topological polar surface area (TPSA) is 32.3 Å². The summed E-state index contributed by atoms with van der Waals surface area (Å²) in [6, 6.07) is 3.31. The maximum Gasteiger partial charge on any atom is 0.251 e. The van der Waals surface area contributed by atoms with Gasteiger partial charge in [0.25, 0.3) is 5.91 Å². The predicted octanol–water partition coefficient (Wildman–Crippen LogP) is 1.79. The number of hydrogen-bond acceptors (Lipinski definition) is 2. The van der Waals surface area contributed by atoms with Gasteiger partial charge in [-0.1, -0.05) is 0 Å². The van der Waals surface area contributed by atoms with Gasteiger partial charge in [0.05, 0.1) is 0 Å². The van der Waals surface area contributed by atoms with Crippen LogP contribution in [-0.4, -0.2) is 37.0 Å².